The number of aromatic nitrogens is 1. The highest BCUT2D eigenvalue weighted by molar-refractivity contribution is 5.93. The first kappa shape index (κ1) is 16.8. The largest absolute Gasteiger partial charge is 0.462 e. The van der Waals surface area contributed by atoms with Gasteiger partial charge in [0.15, 0.2) is 0 Å². The van der Waals surface area contributed by atoms with Gasteiger partial charge in [-0.25, -0.2) is 13.6 Å². The number of ether oxygens (including phenoxy) is 1. The van der Waals surface area contributed by atoms with Crippen molar-refractivity contribution >= 4 is 16.9 Å². The molecular formula is C19H15F2NO3. The highest BCUT2D eigenvalue weighted by atomic mass is 19.1. The first-order chi connectivity index (χ1) is 12.0. The van der Waals surface area contributed by atoms with Crippen molar-refractivity contribution in [3.8, 4) is 0 Å². The lowest BCUT2D eigenvalue weighted by molar-refractivity contribution is 0.0524. The lowest BCUT2D eigenvalue weighted by Crippen LogP contribution is -2.21. The fourth-order valence-electron chi connectivity index (χ4n) is 2.69. The zero-order valence-electron chi connectivity index (χ0n) is 13.5. The van der Waals surface area contributed by atoms with Gasteiger partial charge in [-0.2, -0.15) is 0 Å². The van der Waals surface area contributed by atoms with Crippen LogP contribution in [-0.2, 0) is 11.3 Å². The summed E-state index contributed by atoms with van der Waals surface area (Å²) in [5.41, 5.74) is 0.313. The Balaban J connectivity index is 2.20. The summed E-state index contributed by atoms with van der Waals surface area (Å²) >= 11 is 0. The maximum Gasteiger partial charge on any atom is 0.343 e. The van der Waals surface area contributed by atoms with E-state index in [4.69, 9.17) is 4.74 Å². The van der Waals surface area contributed by atoms with E-state index < -0.39 is 17.2 Å². The summed E-state index contributed by atoms with van der Waals surface area (Å²) in [5.74, 6) is -1.74. The topological polar surface area (TPSA) is 48.3 Å². The number of esters is 1. The van der Waals surface area contributed by atoms with Gasteiger partial charge in [0, 0.05) is 18.1 Å². The highest BCUT2D eigenvalue weighted by Crippen LogP contribution is 2.17. The summed E-state index contributed by atoms with van der Waals surface area (Å²) in [4.78, 5) is 24.6. The van der Waals surface area contributed by atoms with E-state index in [2.05, 4.69) is 0 Å². The fraction of sp³-hybridized carbons (Fsp3) is 0.158. The van der Waals surface area contributed by atoms with Gasteiger partial charge in [0.2, 0.25) is 5.43 Å². The number of pyridine rings is 1. The Morgan fingerprint density at radius 2 is 1.88 bits per heavy atom. The zero-order valence-corrected chi connectivity index (χ0v) is 13.5. The molecule has 0 amide bonds. The molecule has 0 bridgehead atoms. The van der Waals surface area contributed by atoms with E-state index in [1.807, 2.05) is 0 Å². The molecule has 3 rings (SSSR count). The quantitative estimate of drug-likeness (QED) is 0.681. The Hall–Kier alpha value is -3.02. The minimum atomic E-state index is -0.772. The molecule has 0 atom stereocenters. The molecule has 3 aromatic rings. The number of benzene rings is 2. The minimum Gasteiger partial charge on any atom is -0.462 e. The normalized spacial score (nSPS) is 10.8. The Bertz CT molecular complexity index is 1010. The molecule has 1 aromatic heterocycles. The number of nitrogens with zero attached hydrogens (tertiary/aromatic N) is 1. The fourth-order valence-corrected chi connectivity index (χ4v) is 2.69. The Morgan fingerprint density at radius 3 is 2.60 bits per heavy atom. The van der Waals surface area contributed by atoms with Crippen LogP contribution < -0.4 is 5.43 Å². The van der Waals surface area contributed by atoms with Crippen LogP contribution in [0.4, 0.5) is 8.78 Å². The van der Waals surface area contributed by atoms with Gasteiger partial charge in [-0.1, -0.05) is 12.1 Å². The molecule has 0 saturated heterocycles. The molecule has 0 spiro atoms. The molecule has 0 radical (unpaired) electrons. The second-order valence-electron chi connectivity index (χ2n) is 5.51. The van der Waals surface area contributed by atoms with Crippen LogP contribution in [0, 0.1) is 11.6 Å². The number of fused-ring (bicyclic) bond motifs is 1. The maximum atomic E-state index is 13.6. The van der Waals surface area contributed by atoms with E-state index >= 15 is 0 Å². The second-order valence-corrected chi connectivity index (χ2v) is 5.51. The molecule has 6 heteroatoms. The van der Waals surface area contributed by atoms with Crippen LogP contribution in [0.5, 0.6) is 0 Å². The molecule has 0 aliphatic carbocycles. The zero-order chi connectivity index (χ0) is 18.0. The number of carbonyl (C=O) groups excluding carboxylic acids is 1. The molecule has 0 fully saturated rings. The summed E-state index contributed by atoms with van der Waals surface area (Å²) < 4.78 is 33.5. The van der Waals surface area contributed by atoms with Crippen LogP contribution in [0.2, 0.25) is 0 Å². The molecule has 0 N–H and O–H groups in total. The third-order valence-corrected chi connectivity index (χ3v) is 3.78. The molecule has 4 nitrogen and oxygen atoms in total. The lowest BCUT2D eigenvalue weighted by Gasteiger charge is -2.13. The Kier molecular flexibility index (Phi) is 4.61. The number of halogens is 2. The SMILES string of the molecule is CCOC(=O)c1cn(Cc2cccc(F)c2)c2ccc(F)cc2c1=O. The third kappa shape index (κ3) is 3.42. The van der Waals surface area contributed by atoms with Crippen LogP contribution in [0.15, 0.2) is 53.5 Å². The number of hydrogen-bond donors (Lipinski definition) is 0. The van der Waals surface area contributed by atoms with Crippen molar-refractivity contribution in [1.82, 2.24) is 4.57 Å². The minimum absolute atomic E-state index is 0.0713. The average molecular weight is 343 g/mol. The highest BCUT2D eigenvalue weighted by Gasteiger charge is 2.17. The molecule has 25 heavy (non-hydrogen) atoms. The van der Waals surface area contributed by atoms with Gasteiger partial charge in [0.1, 0.15) is 17.2 Å². The van der Waals surface area contributed by atoms with E-state index in [1.54, 1.807) is 23.6 Å². The molecule has 0 aliphatic rings. The standard InChI is InChI=1S/C19H15F2NO3/c1-2-25-19(24)16-11-22(10-12-4-3-5-13(20)8-12)17-7-6-14(21)9-15(17)18(16)23/h3-9,11H,2,10H2,1H3. The summed E-state index contributed by atoms with van der Waals surface area (Å²) in [6, 6.07) is 9.75. The Labute approximate surface area is 142 Å². The molecule has 0 unspecified atom stereocenters. The van der Waals surface area contributed by atoms with Gasteiger partial charge < -0.3 is 9.30 Å². The Morgan fingerprint density at radius 1 is 1.12 bits per heavy atom. The number of hydrogen-bond acceptors (Lipinski definition) is 3. The third-order valence-electron chi connectivity index (χ3n) is 3.78. The van der Waals surface area contributed by atoms with Crippen molar-refractivity contribution in [1.29, 1.82) is 0 Å². The first-order valence-electron chi connectivity index (χ1n) is 7.74. The van der Waals surface area contributed by atoms with Gasteiger partial charge >= 0.3 is 5.97 Å². The van der Waals surface area contributed by atoms with Crippen molar-refractivity contribution < 1.29 is 18.3 Å². The number of carbonyl (C=O) groups is 1. The first-order valence-corrected chi connectivity index (χ1v) is 7.74. The van der Waals surface area contributed by atoms with Crippen molar-refractivity contribution in [2.75, 3.05) is 6.61 Å². The van der Waals surface area contributed by atoms with E-state index in [9.17, 15) is 18.4 Å². The summed E-state index contributed by atoms with van der Waals surface area (Å²) in [6.07, 6.45) is 1.37. The molecule has 2 aromatic carbocycles. The van der Waals surface area contributed by atoms with Crippen LogP contribution in [-0.4, -0.2) is 17.1 Å². The molecule has 0 aliphatic heterocycles. The predicted molar refractivity (Wildman–Crippen MR) is 89.6 cm³/mol. The van der Waals surface area contributed by atoms with Gasteiger partial charge in [-0.15, -0.1) is 0 Å². The van der Waals surface area contributed by atoms with Crippen LogP contribution in [0.25, 0.3) is 10.9 Å². The maximum absolute atomic E-state index is 13.6. The van der Waals surface area contributed by atoms with Crippen LogP contribution in [0.3, 0.4) is 0 Å². The molecular weight excluding hydrogens is 328 g/mol. The van der Waals surface area contributed by atoms with Crippen molar-refractivity contribution in [3.05, 3.63) is 81.6 Å². The lowest BCUT2D eigenvalue weighted by atomic mass is 10.1. The van der Waals surface area contributed by atoms with Crippen LogP contribution >= 0.6 is 0 Å². The second kappa shape index (κ2) is 6.84. The van der Waals surface area contributed by atoms with E-state index in [1.165, 1.54) is 30.5 Å². The van der Waals surface area contributed by atoms with Gasteiger partial charge in [-0.3, -0.25) is 4.79 Å². The van der Waals surface area contributed by atoms with Crippen molar-refractivity contribution in [3.63, 3.8) is 0 Å². The number of rotatable bonds is 4. The smallest absolute Gasteiger partial charge is 0.343 e. The molecule has 0 saturated carbocycles. The monoisotopic (exact) mass is 343 g/mol. The van der Waals surface area contributed by atoms with E-state index in [-0.39, 0.29) is 29.9 Å². The van der Waals surface area contributed by atoms with E-state index in [0.717, 1.165) is 6.07 Å². The van der Waals surface area contributed by atoms with Crippen LogP contribution in [0.1, 0.15) is 22.8 Å². The molecule has 128 valence electrons. The summed E-state index contributed by atoms with van der Waals surface area (Å²) in [6.45, 7) is 1.96. The van der Waals surface area contributed by atoms with Crippen molar-refractivity contribution in [2.45, 2.75) is 13.5 Å². The average Bonchev–Trinajstić information content (AvgIpc) is 2.57. The van der Waals surface area contributed by atoms with E-state index in [0.29, 0.717) is 11.1 Å². The summed E-state index contributed by atoms with van der Waals surface area (Å²) in [7, 11) is 0. The predicted octanol–water partition coefficient (Wildman–Crippen LogP) is 3.50. The van der Waals surface area contributed by atoms with Crippen molar-refractivity contribution in [2.24, 2.45) is 0 Å². The summed E-state index contributed by atoms with van der Waals surface area (Å²) in [5, 5.41) is 0.0713. The van der Waals surface area contributed by atoms with Gasteiger partial charge in [-0.05, 0) is 42.8 Å². The van der Waals surface area contributed by atoms with Gasteiger partial charge in [0.05, 0.1) is 12.1 Å². The van der Waals surface area contributed by atoms with Gasteiger partial charge in [0.25, 0.3) is 0 Å². The molecule has 1 heterocycles.